The van der Waals surface area contributed by atoms with Crippen molar-refractivity contribution in [3.8, 4) is 28.7 Å². The molecule has 0 bridgehead atoms. The SMILES string of the molecule is N#C/C(=C(/O)c1ccc(-c2ccc([N+](=O)[O-])cc2Cl)o1)c1nc(-c2ccc(Cl)cc2)cs1. The van der Waals surface area contributed by atoms with E-state index in [0.717, 1.165) is 5.56 Å². The van der Waals surface area contributed by atoms with Crippen LogP contribution in [0.25, 0.3) is 33.9 Å². The maximum absolute atomic E-state index is 10.9. The Morgan fingerprint density at radius 3 is 2.56 bits per heavy atom. The van der Waals surface area contributed by atoms with Crippen LogP contribution >= 0.6 is 34.5 Å². The van der Waals surface area contributed by atoms with Gasteiger partial charge < -0.3 is 9.52 Å². The Bertz CT molecular complexity index is 1400. The maximum Gasteiger partial charge on any atom is 0.270 e. The van der Waals surface area contributed by atoms with Gasteiger partial charge >= 0.3 is 0 Å². The molecule has 0 aliphatic carbocycles. The summed E-state index contributed by atoms with van der Waals surface area (Å²) in [6.45, 7) is 0. The summed E-state index contributed by atoms with van der Waals surface area (Å²) in [5.41, 5.74) is 1.67. The van der Waals surface area contributed by atoms with Gasteiger partial charge in [0.05, 0.1) is 15.6 Å². The first kappa shape index (κ1) is 21.6. The van der Waals surface area contributed by atoms with Crippen LogP contribution in [0, 0.1) is 21.4 Å². The van der Waals surface area contributed by atoms with Gasteiger partial charge in [0.2, 0.25) is 0 Å². The number of nitro groups is 1. The van der Waals surface area contributed by atoms with Gasteiger partial charge in [-0.15, -0.1) is 11.3 Å². The monoisotopic (exact) mass is 483 g/mol. The number of nitrogens with zero attached hydrogens (tertiary/aromatic N) is 3. The predicted molar refractivity (Wildman–Crippen MR) is 123 cm³/mol. The minimum absolute atomic E-state index is 0.0363. The van der Waals surface area contributed by atoms with E-state index in [1.165, 1.54) is 35.6 Å². The third-order valence-corrected chi connectivity index (χ3v) is 5.90. The zero-order valence-corrected chi connectivity index (χ0v) is 18.3. The highest BCUT2D eigenvalue weighted by atomic mass is 35.5. The van der Waals surface area contributed by atoms with Gasteiger partial charge in [-0.25, -0.2) is 4.98 Å². The molecular formula is C22H11Cl2N3O4S. The Labute approximate surface area is 195 Å². The average Bonchev–Trinajstić information content (AvgIpc) is 3.45. The number of hydrogen-bond donors (Lipinski definition) is 1. The van der Waals surface area contributed by atoms with Gasteiger partial charge in [0.15, 0.2) is 11.5 Å². The molecule has 0 saturated carbocycles. The molecule has 0 aliphatic rings. The minimum atomic E-state index is -0.552. The van der Waals surface area contributed by atoms with E-state index in [2.05, 4.69) is 4.98 Å². The lowest BCUT2D eigenvalue weighted by atomic mass is 10.1. The number of non-ortho nitro benzene ring substituents is 1. The van der Waals surface area contributed by atoms with Crippen molar-refractivity contribution in [1.29, 1.82) is 5.26 Å². The number of hydrogen-bond acceptors (Lipinski definition) is 7. The molecule has 0 radical (unpaired) electrons. The van der Waals surface area contributed by atoms with E-state index in [4.69, 9.17) is 27.6 Å². The Morgan fingerprint density at radius 2 is 1.91 bits per heavy atom. The lowest BCUT2D eigenvalue weighted by Gasteiger charge is -2.02. The average molecular weight is 484 g/mol. The summed E-state index contributed by atoms with van der Waals surface area (Å²) in [6.07, 6.45) is 0. The topological polar surface area (TPSA) is 113 Å². The van der Waals surface area contributed by atoms with Gasteiger partial charge in [0.1, 0.15) is 22.4 Å². The normalized spacial score (nSPS) is 11.7. The highest BCUT2D eigenvalue weighted by molar-refractivity contribution is 7.11. The van der Waals surface area contributed by atoms with E-state index in [0.29, 0.717) is 21.3 Å². The molecule has 0 saturated heterocycles. The second-order valence-corrected chi connectivity index (χ2v) is 8.17. The van der Waals surface area contributed by atoms with Gasteiger partial charge in [0, 0.05) is 33.7 Å². The Balaban J connectivity index is 1.67. The van der Waals surface area contributed by atoms with E-state index in [1.807, 2.05) is 18.2 Å². The number of benzene rings is 2. The molecule has 0 spiro atoms. The number of thiazole rings is 1. The van der Waals surface area contributed by atoms with E-state index < -0.39 is 4.92 Å². The molecule has 7 nitrogen and oxygen atoms in total. The van der Waals surface area contributed by atoms with Crippen LogP contribution in [0.3, 0.4) is 0 Å². The molecule has 32 heavy (non-hydrogen) atoms. The molecule has 4 aromatic rings. The molecule has 0 aliphatic heterocycles. The smallest absolute Gasteiger partial charge is 0.270 e. The standard InChI is InChI=1S/C22H11Cl2N3O4S/c23-13-3-1-12(2-4-13)18-11-32-22(26-18)16(10-25)21(28)20-8-7-19(31-20)15-6-5-14(27(29)30)9-17(15)24/h1-9,11,28H/b21-16-. The summed E-state index contributed by atoms with van der Waals surface area (Å²) in [5.74, 6) is -0.0623. The highest BCUT2D eigenvalue weighted by Crippen LogP contribution is 2.35. The Morgan fingerprint density at radius 1 is 1.16 bits per heavy atom. The molecule has 0 fully saturated rings. The summed E-state index contributed by atoms with van der Waals surface area (Å²) >= 11 is 13.3. The first-order chi connectivity index (χ1) is 15.4. The van der Waals surface area contributed by atoms with Crippen LogP contribution in [0.1, 0.15) is 10.8 Å². The number of allylic oxidation sites excluding steroid dienone is 1. The Kier molecular flexibility index (Phi) is 5.97. The molecule has 0 atom stereocenters. The summed E-state index contributed by atoms with van der Waals surface area (Å²) in [5, 5.41) is 34.0. The van der Waals surface area contributed by atoms with Crippen molar-refractivity contribution in [2.75, 3.05) is 0 Å². The van der Waals surface area contributed by atoms with Gasteiger partial charge in [-0.1, -0.05) is 35.3 Å². The number of aromatic nitrogens is 1. The van der Waals surface area contributed by atoms with Crippen molar-refractivity contribution >= 4 is 51.6 Å². The van der Waals surface area contributed by atoms with E-state index >= 15 is 0 Å². The van der Waals surface area contributed by atoms with Crippen LogP contribution in [-0.2, 0) is 0 Å². The van der Waals surface area contributed by atoms with Crippen LogP contribution in [0.15, 0.2) is 64.4 Å². The molecule has 0 unspecified atom stereocenters. The van der Waals surface area contributed by atoms with Crippen LogP contribution in [0.5, 0.6) is 0 Å². The number of nitro benzene ring substituents is 1. The summed E-state index contributed by atoms with van der Waals surface area (Å²) in [7, 11) is 0. The molecule has 10 heteroatoms. The zero-order valence-electron chi connectivity index (χ0n) is 16.0. The summed E-state index contributed by atoms with van der Waals surface area (Å²) in [6, 6.07) is 16.1. The second kappa shape index (κ2) is 8.85. The van der Waals surface area contributed by atoms with Gasteiger partial charge in [0.25, 0.3) is 5.69 Å². The van der Waals surface area contributed by atoms with E-state index in [9.17, 15) is 20.5 Å². The van der Waals surface area contributed by atoms with Crippen molar-refractivity contribution in [1.82, 2.24) is 4.98 Å². The van der Waals surface area contributed by atoms with E-state index in [-0.39, 0.29) is 33.6 Å². The summed E-state index contributed by atoms with van der Waals surface area (Å²) in [4.78, 5) is 14.8. The number of nitriles is 1. The fourth-order valence-electron chi connectivity index (χ4n) is 2.89. The number of furan rings is 1. The van der Waals surface area contributed by atoms with Crippen molar-refractivity contribution < 1.29 is 14.4 Å². The molecule has 2 aromatic heterocycles. The molecule has 1 N–H and O–H groups in total. The number of aliphatic hydroxyl groups excluding tert-OH is 1. The molecule has 0 amide bonds. The lowest BCUT2D eigenvalue weighted by molar-refractivity contribution is -0.384. The fourth-order valence-corrected chi connectivity index (χ4v) is 4.11. The van der Waals surface area contributed by atoms with Crippen molar-refractivity contribution in [3.05, 3.63) is 90.9 Å². The first-order valence-corrected chi connectivity index (χ1v) is 10.6. The fraction of sp³-hybridized carbons (Fsp3) is 0. The number of rotatable bonds is 5. The van der Waals surface area contributed by atoms with Crippen LogP contribution in [0.4, 0.5) is 5.69 Å². The van der Waals surface area contributed by atoms with Gasteiger partial charge in [-0.3, -0.25) is 10.1 Å². The largest absolute Gasteiger partial charge is 0.503 e. The second-order valence-electron chi connectivity index (χ2n) is 6.47. The first-order valence-electron chi connectivity index (χ1n) is 8.97. The van der Waals surface area contributed by atoms with Gasteiger partial charge in [-0.05, 0) is 30.3 Å². The van der Waals surface area contributed by atoms with Gasteiger partial charge in [-0.2, -0.15) is 5.26 Å². The number of aliphatic hydroxyl groups is 1. The zero-order chi connectivity index (χ0) is 22.8. The van der Waals surface area contributed by atoms with Crippen molar-refractivity contribution in [2.24, 2.45) is 0 Å². The third-order valence-electron chi connectivity index (χ3n) is 4.47. The van der Waals surface area contributed by atoms with Crippen LogP contribution in [-0.4, -0.2) is 15.0 Å². The molecule has 2 heterocycles. The number of halogens is 2. The summed E-state index contributed by atoms with van der Waals surface area (Å²) < 4.78 is 5.67. The Hall–Kier alpha value is -3.64. The lowest BCUT2D eigenvalue weighted by Crippen LogP contribution is -1.89. The predicted octanol–water partition coefficient (Wildman–Crippen LogP) is 7.23. The minimum Gasteiger partial charge on any atom is -0.503 e. The van der Waals surface area contributed by atoms with E-state index in [1.54, 1.807) is 23.6 Å². The highest BCUT2D eigenvalue weighted by Gasteiger charge is 2.19. The van der Waals surface area contributed by atoms with Crippen LogP contribution < -0.4 is 0 Å². The van der Waals surface area contributed by atoms with Crippen molar-refractivity contribution in [2.45, 2.75) is 0 Å². The third kappa shape index (κ3) is 4.22. The maximum atomic E-state index is 10.9. The quantitative estimate of drug-likeness (QED) is 0.138. The van der Waals surface area contributed by atoms with Crippen LogP contribution in [0.2, 0.25) is 10.0 Å². The van der Waals surface area contributed by atoms with Crippen molar-refractivity contribution in [3.63, 3.8) is 0 Å². The molecule has 158 valence electrons. The molecule has 4 rings (SSSR count). The molecular weight excluding hydrogens is 473 g/mol. The molecule has 2 aromatic carbocycles.